The van der Waals surface area contributed by atoms with E-state index in [1.807, 2.05) is 5.43 Å². The van der Waals surface area contributed by atoms with Crippen molar-refractivity contribution < 1.29 is 14.3 Å². The molecule has 0 aliphatic rings. The zero-order chi connectivity index (χ0) is 10.4. The lowest BCUT2D eigenvalue weighted by atomic mass is 10.3. The number of carbonyl (C=O) groups is 2. The molecule has 0 fully saturated rings. The predicted octanol–water partition coefficient (Wildman–Crippen LogP) is -0.377. The number of nitrogens with two attached hydrogens (primary N) is 1. The summed E-state index contributed by atoms with van der Waals surface area (Å²) in [6.07, 6.45) is -0.822. The summed E-state index contributed by atoms with van der Waals surface area (Å²) in [7, 11) is 0. The first-order valence-corrected chi connectivity index (χ1v) is 3.95. The summed E-state index contributed by atoms with van der Waals surface area (Å²) in [6.45, 7) is 0. The maximum atomic E-state index is 11.0. The Hall–Kier alpha value is -1.88. The lowest BCUT2D eigenvalue weighted by Gasteiger charge is -2.11. The summed E-state index contributed by atoms with van der Waals surface area (Å²) in [6, 6.07) is 8.54. The quantitative estimate of drug-likeness (QED) is 0.225. The summed E-state index contributed by atoms with van der Waals surface area (Å²) < 4.78 is 5.06. The molecule has 5 heteroatoms. The fourth-order valence-corrected chi connectivity index (χ4v) is 0.871. The lowest BCUT2D eigenvalue weighted by Crippen LogP contribution is -2.42. The molecule has 5 nitrogen and oxygen atoms in total. The number of para-hydroxylation sites is 1. The van der Waals surface area contributed by atoms with Gasteiger partial charge in [-0.15, -0.1) is 0 Å². The van der Waals surface area contributed by atoms with Crippen molar-refractivity contribution in [2.24, 2.45) is 5.84 Å². The molecular formula is C9H10N2O3. The SMILES string of the molecule is NNC(=O)C(C=O)Oc1ccccc1. The molecule has 3 N–H and O–H groups in total. The van der Waals surface area contributed by atoms with Crippen molar-refractivity contribution in [1.29, 1.82) is 0 Å². The maximum absolute atomic E-state index is 11.0. The molecule has 1 amide bonds. The van der Waals surface area contributed by atoms with E-state index in [1.165, 1.54) is 0 Å². The average Bonchev–Trinajstić information content (AvgIpc) is 2.26. The largest absolute Gasteiger partial charge is 0.473 e. The zero-order valence-electron chi connectivity index (χ0n) is 7.34. The van der Waals surface area contributed by atoms with Crippen molar-refractivity contribution in [3.63, 3.8) is 0 Å². The highest BCUT2D eigenvalue weighted by atomic mass is 16.5. The molecule has 1 unspecified atom stereocenters. The summed E-state index contributed by atoms with van der Waals surface area (Å²) >= 11 is 0. The van der Waals surface area contributed by atoms with E-state index in [0.29, 0.717) is 12.0 Å². The van der Waals surface area contributed by atoms with Gasteiger partial charge in [0.2, 0.25) is 6.10 Å². The fourth-order valence-electron chi connectivity index (χ4n) is 0.871. The molecule has 14 heavy (non-hydrogen) atoms. The monoisotopic (exact) mass is 194 g/mol. The van der Waals surface area contributed by atoms with Gasteiger partial charge in [-0.25, -0.2) is 5.84 Å². The van der Waals surface area contributed by atoms with Gasteiger partial charge in [0.15, 0.2) is 6.29 Å². The van der Waals surface area contributed by atoms with E-state index in [2.05, 4.69) is 0 Å². The third kappa shape index (κ3) is 2.56. The maximum Gasteiger partial charge on any atom is 0.282 e. The third-order valence-electron chi connectivity index (χ3n) is 1.53. The first-order chi connectivity index (χ1) is 6.77. The standard InChI is InChI=1S/C9H10N2O3/c10-11-9(13)8(6-12)14-7-4-2-1-3-5-7/h1-6,8H,10H2,(H,11,13). The number of hydrogen-bond acceptors (Lipinski definition) is 4. The van der Waals surface area contributed by atoms with E-state index in [0.717, 1.165) is 0 Å². The Bertz CT molecular complexity index is 313. The van der Waals surface area contributed by atoms with Gasteiger partial charge >= 0.3 is 0 Å². The second-order valence-corrected chi connectivity index (χ2v) is 2.50. The van der Waals surface area contributed by atoms with Crippen LogP contribution in [0.2, 0.25) is 0 Å². The zero-order valence-corrected chi connectivity index (χ0v) is 7.34. The minimum absolute atomic E-state index is 0.384. The highest BCUT2D eigenvalue weighted by Crippen LogP contribution is 2.09. The molecule has 0 aromatic heterocycles. The van der Waals surface area contributed by atoms with Crippen LogP contribution in [-0.4, -0.2) is 18.3 Å². The van der Waals surface area contributed by atoms with Gasteiger partial charge in [-0.1, -0.05) is 18.2 Å². The smallest absolute Gasteiger partial charge is 0.282 e. The van der Waals surface area contributed by atoms with Crippen LogP contribution in [0.25, 0.3) is 0 Å². The Balaban J connectivity index is 2.66. The first kappa shape index (κ1) is 10.2. The first-order valence-electron chi connectivity index (χ1n) is 3.95. The minimum atomic E-state index is -1.21. The molecule has 74 valence electrons. The molecule has 0 bridgehead atoms. The van der Waals surface area contributed by atoms with Crippen molar-refractivity contribution in [3.8, 4) is 5.75 Å². The second kappa shape index (κ2) is 4.98. The van der Waals surface area contributed by atoms with Crippen LogP contribution in [0.3, 0.4) is 0 Å². The number of rotatable bonds is 4. The summed E-state index contributed by atoms with van der Waals surface area (Å²) in [5.74, 6) is 4.62. The molecule has 1 atom stereocenters. The molecule has 1 rings (SSSR count). The van der Waals surface area contributed by atoms with E-state index in [9.17, 15) is 9.59 Å². The van der Waals surface area contributed by atoms with Crippen molar-refractivity contribution >= 4 is 12.2 Å². The van der Waals surface area contributed by atoms with Crippen molar-refractivity contribution in [3.05, 3.63) is 30.3 Å². The molecule has 1 aromatic rings. The number of hydrogen-bond donors (Lipinski definition) is 2. The number of amides is 1. The number of aldehydes is 1. The molecule has 0 saturated heterocycles. The number of ether oxygens (including phenoxy) is 1. The van der Waals surface area contributed by atoms with Gasteiger partial charge in [0.05, 0.1) is 0 Å². The van der Waals surface area contributed by atoms with Crippen LogP contribution in [0.4, 0.5) is 0 Å². The molecule has 0 aliphatic heterocycles. The van der Waals surface area contributed by atoms with Crippen LogP contribution in [0.5, 0.6) is 5.75 Å². The molecule has 0 radical (unpaired) electrons. The van der Waals surface area contributed by atoms with Crippen LogP contribution >= 0.6 is 0 Å². The summed E-state index contributed by atoms with van der Waals surface area (Å²) in [5, 5.41) is 0. The van der Waals surface area contributed by atoms with Gasteiger partial charge in [0, 0.05) is 0 Å². The van der Waals surface area contributed by atoms with Crippen molar-refractivity contribution in [2.75, 3.05) is 0 Å². The molecule has 1 aromatic carbocycles. The predicted molar refractivity (Wildman–Crippen MR) is 49.3 cm³/mol. The van der Waals surface area contributed by atoms with Crippen LogP contribution in [-0.2, 0) is 9.59 Å². The number of hydrazine groups is 1. The van der Waals surface area contributed by atoms with E-state index in [4.69, 9.17) is 10.6 Å². The Labute approximate surface area is 80.8 Å². The van der Waals surface area contributed by atoms with E-state index >= 15 is 0 Å². The van der Waals surface area contributed by atoms with E-state index in [-0.39, 0.29) is 0 Å². The number of nitrogens with one attached hydrogen (secondary N) is 1. The van der Waals surface area contributed by atoms with Gasteiger partial charge in [0.25, 0.3) is 5.91 Å². The number of benzene rings is 1. The molecule has 0 heterocycles. The van der Waals surface area contributed by atoms with Crippen molar-refractivity contribution in [2.45, 2.75) is 6.10 Å². The minimum Gasteiger partial charge on any atom is -0.473 e. The highest BCUT2D eigenvalue weighted by molar-refractivity contribution is 5.94. The fraction of sp³-hybridized carbons (Fsp3) is 0.111. The van der Waals surface area contributed by atoms with Gasteiger partial charge in [-0.2, -0.15) is 0 Å². The molecule has 0 saturated carbocycles. The second-order valence-electron chi connectivity index (χ2n) is 2.50. The third-order valence-corrected chi connectivity index (χ3v) is 1.53. The van der Waals surface area contributed by atoms with Gasteiger partial charge in [-0.05, 0) is 12.1 Å². The van der Waals surface area contributed by atoms with Crippen LogP contribution in [0.15, 0.2) is 30.3 Å². The summed E-state index contributed by atoms with van der Waals surface area (Å²) in [4.78, 5) is 21.4. The van der Waals surface area contributed by atoms with Crippen LogP contribution < -0.4 is 16.0 Å². The Morgan fingerprint density at radius 3 is 2.57 bits per heavy atom. The Morgan fingerprint density at radius 1 is 1.43 bits per heavy atom. The van der Waals surface area contributed by atoms with E-state index < -0.39 is 12.0 Å². The normalized spacial score (nSPS) is 11.5. The molecular weight excluding hydrogens is 184 g/mol. The van der Waals surface area contributed by atoms with Crippen molar-refractivity contribution in [1.82, 2.24) is 5.43 Å². The Kier molecular flexibility index (Phi) is 3.63. The topological polar surface area (TPSA) is 81.4 Å². The lowest BCUT2D eigenvalue weighted by molar-refractivity contribution is -0.132. The van der Waals surface area contributed by atoms with Crippen LogP contribution in [0.1, 0.15) is 0 Å². The highest BCUT2D eigenvalue weighted by Gasteiger charge is 2.17. The number of carbonyl (C=O) groups excluding carboxylic acids is 2. The Morgan fingerprint density at radius 2 is 2.07 bits per heavy atom. The van der Waals surface area contributed by atoms with Crippen LogP contribution in [0, 0.1) is 0 Å². The van der Waals surface area contributed by atoms with E-state index in [1.54, 1.807) is 30.3 Å². The van der Waals surface area contributed by atoms with Gasteiger partial charge in [0.1, 0.15) is 5.75 Å². The molecule has 0 aliphatic carbocycles. The summed E-state index contributed by atoms with van der Waals surface area (Å²) in [5.41, 5.74) is 1.84. The average molecular weight is 194 g/mol. The van der Waals surface area contributed by atoms with Gasteiger partial charge < -0.3 is 4.74 Å². The van der Waals surface area contributed by atoms with Gasteiger partial charge in [-0.3, -0.25) is 15.0 Å². The molecule has 0 spiro atoms.